The van der Waals surface area contributed by atoms with Crippen molar-refractivity contribution in [1.29, 1.82) is 5.26 Å². The number of nitrogens with zero attached hydrogens (tertiary/aromatic N) is 3. The van der Waals surface area contributed by atoms with E-state index in [1.165, 1.54) is 6.26 Å². The largest absolute Gasteiger partial charge is 0.469 e. The van der Waals surface area contributed by atoms with Crippen molar-refractivity contribution in [3.05, 3.63) is 82.8 Å². The number of oxazole rings is 2. The summed E-state index contributed by atoms with van der Waals surface area (Å²) in [6.07, 6.45) is 1.54. The summed E-state index contributed by atoms with van der Waals surface area (Å²) in [6, 6.07) is 14.2. The van der Waals surface area contributed by atoms with Crippen LogP contribution < -0.4 is 20.7 Å². The Bertz CT molecular complexity index is 1930. The third-order valence-electron chi connectivity index (χ3n) is 9.53. The number of para-hydroxylation sites is 1. The molecule has 46 heavy (non-hydrogen) atoms. The van der Waals surface area contributed by atoms with Crippen LogP contribution in [0.3, 0.4) is 0 Å². The van der Waals surface area contributed by atoms with Crippen LogP contribution in [0.2, 0.25) is 0 Å². The number of benzene rings is 2. The van der Waals surface area contributed by atoms with Crippen molar-refractivity contribution >= 4 is 17.5 Å². The molecule has 3 aliphatic heterocycles. The summed E-state index contributed by atoms with van der Waals surface area (Å²) < 4.78 is 19.2. The molecule has 4 unspecified atom stereocenters. The minimum atomic E-state index is -1.03. The van der Waals surface area contributed by atoms with Crippen LogP contribution in [0.15, 0.2) is 57.6 Å². The molecule has 4 bridgehead atoms. The van der Waals surface area contributed by atoms with Crippen molar-refractivity contribution in [3.63, 3.8) is 0 Å². The van der Waals surface area contributed by atoms with Gasteiger partial charge in [-0.3, -0.25) is 9.59 Å². The molecule has 4 atom stereocenters. The van der Waals surface area contributed by atoms with E-state index in [1.807, 2.05) is 90.1 Å². The Kier molecular flexibility index (Phi) is 6.56. The molecule has 1 spiro atoms. The molecule has 2 aromatic heterocycles. The number of fused-ring (bicyclic) bond motifs is 4. The standard InChI is InChI=1S/C35H36N6O5/c1-7-34(5,6)31(43)38-23-15-18-12-13-24-21(14-18)35(20-10-8-9-11-22(20)39-32(35)45-24)27-25(29-37-19(16-36)17-44-29)40-30(46-27)26(33(2,3)4)41-28(23)42/h8-14,17,23,26,32,39H,7,15H2,1-6H3,(H,38,43)(H,41,42). The molecule has 2 amide bonds. The first-order chi connectivity index (χ1) is 21.9. The van der Waals surface area contributed by atoms with E-state index < -0.39 is 34.6 Å². The lowest BCUT2D eigenvalue weighted by Gasteiger charge is -2.32. The normalized spacial score (nSPS) is 23.1. The molecule has 5 heterocycles. The van der Waals surface area contributed by atoms with E-state index in [9.17, 15) is 14.9 Å². The summed E-state index contributed by atoms with van der Waals surface area (Å²) in [5, 5.41) is 19.3. The molecule has 0 saturated heterocycles. The van der Waals surface area contributed by atoms with Gasteiger partial charge in [-0.2, -0.15) is 10.2 Å². The number of nitrogens with one attached hydrogen (secondary N) is 3. The second-order valence-electron chi connectivity index (χ2n) is 14.0. The quantitative estimate of drug-likeness (QED) is 0.273. The monoisotopic (exact) mass is 620 g/mol. The molecule has 0 aliphatic carbocycles. The molecular formula is C35H36N6O5. The van der Waals surface area contributed by atoms with Crippen LogP contribution in [0.25, 0.3) is 11.6 Å². The number of carbonyl (C=O) groups is 2. The number of carbonyl (C=O) groups excluding carboxylic acids is 2. The highest BCUT2D eigenvalue weighted by Crippen LogP contribution is 2.59. The van der Waals surface area contributed by atoms with E-state index in [4.69, 9.17) is 18.6 Å². The van der Waals surface area contributed by atoms with Gasteiger partial charge in [0.1, 0.15) is 35.6 Å². The van der Waals surface area contributed by atoms with E-state index >= 15 is 0 Å². The van der Waals surface area contributed by atoms with Crippen LogP contribution in [-0.4, -0.2) is 34.1 Å². The highest BCUT2D eigenvalue weighted by atomic mass is 16.5. The molecule has 3 N–H and O–H groups in total. The summed E-state index contributed by atoms with van der Waals surface area (Å²) in [5.41, 5.74) is 1.57. The second kappa shape index (κ2) is 10.2. The third kappa shape index (κ3) is 4.38. The van der Waals surface area contributed by atoms with Crippen LogP contribution in [-0.2, 0) is 21.4 Å². The molecule has 2 aromatic carbocycles. The topological polar surface area (TPSA) is 155 Å². The van der Waals surface area contributed by atoms with Gasteiger partial charge < -0.3 is 29.5 Å². The van der Waals surface area contributed by atoms with Crippen LogP contribution in [0.4, 0.5) is 5.69 Å². The number of anilines is 1. The van der Waals surface area contributed by atoms with E-state index in [-0.39, 0.29) is 35.7 Å². The summed E-state index contributed by atoms with van der Waals surface area (Å²) in [7, 11) is 0. The number of aromatic nitrogens is 2. The van der Waals surface area contributed by atoms with Gasteiger partial charge in [0.25, 0.3) is 0 Å². The molecule has 0 saturated carbocycles. The van der Waals surface area contributed by atoms with Gasteiger partial charge in [0, 0.05) is 23.1 Å². The Labute approximate surface area is 266 Å². The minimum absolute atomic E-state index is 0.0991. The summed E-state index contributed by atoms with van der Waals surface area (Å²) in [5.74, 6) is 0.857. The van der Waals surface area contributed by atoms with Gasteiger partial charge in [0.05, 0.1) is 0 Å². The lowest BCUT2D eigenvalue weighted by molar-refractivity contribution is -0.134. The van der Waals surface area contributed by atoms with Gasteiger partial charge in [-0.1, -0.05) is 71.9 Å². The third-order valence-corrected chi connectivity index (χ3v) is 9.53. The van der Waals surface area contributed by atoms with Gasteiger partial charge in [-0.05, 0) is 35.1 Å². The highest BCUT2D eigenvalue weighted by Gasteiger charge is 2.61. The average molecular weight is 621 g/mol. The molecule has 11 nitrogen and oxygen atoms in total. The zero-order valence-corrected chi connectivity index (χ0v) is 26.6. The summed E-state index contributed by atoms with van der Waals surface area (Å²) >= 11 is 0. The number of rotatable bonds is 4. The van der Waals surface area contributed by atoms with Gasteiger partial charge in [-0.15, -0.1) is 0 Å². The highest BCUT2D eigenvalue weighted by molar-refractivity contribution is 5.90. The molecule has 0 radical (unpaired) electrons. The number of ether oxygens (including phenoxy) is 1. The fourth-order valence-corrected chi connectivity index (χ4v) is 6.51. The maximum Gasteiger partial charge on any atom is 0.250 e. The Hall–Kier alpha value is -5.11. The number of hydrogen-bond acceptors (Lipinski definition) is 9. The average Bonchev–Trinajstić information content (AvgIpc) is 3.79. The van der Waals surface area contributed by atoms with Crippen molar-refractivity contribution in [2.24, 2.45) is 10.8 Å². The van der Waals surface area contributed by atoms with Crippen molar-refractivity contribution in [3.8, 4) is 23.4 Å². The van der Waals surface area contributed by atoms with E-state index in [2.05, 4.69) is 20.9 Å². The fourth-order valence-electron chi connectivity index (χ4n) is 6.51. The lowest BCUT2D eigenvalue weighted by Crippen LogP contribution is -2.53. The summed E-state index contributed by atoms with van der Waals surface area (Å²) in [6.45, 7) is 11.6. The Morgan fingerprint density at radius 1 is 1.11 bits per heavy atom. The Morgan fingerprint density at radius 2 is 1.89 bits per heavy atom. The van der Waals surface area contributed by atoms with Gasteiger partial charge in [0.2, 0.25) is 23.6 Å². The van der Waals surface area contributed by atoms with E-state index in [0.29, 0.717) is 23.6 Å². The SMILES string of the molecule is CCC(C)(C)C(=O)NC1Cc2ccc3c(c2)C2(c4ccccc4NC2O3)c2oc(nc2-c2nc(C#N)co2)C(C(C)(C)C)NC1=O. The first kappa shape index (κ1) is 29.6. The zero-order valence-electron chi connectivity index (χ0n) is 26.6. The number of nitriles is 1. The first-order valence-corrected chi connectivity index (χ1v) is 15.5. The molecule has 236 valence electrons. The van der Waals surface area contributed by atoms with Crippen LogP contribution >= 0.6 is 0 Å². The predicted molar refractivity (Wildman–Crippen MR) is 168 cm³/mol. The Balaban J connectivity index is 1.51. The molecular weight excluding hydrogens is 584 g/mol. The van der Waals surface area contributed by atoms with Crippen molar-refractivity contribution in [2.45, 2.75) is 78.1 Å². The van der Waals surface area contributed by atoms with Gasteiger partial charge >= 0.3 is 0 Å². The lowest BCUT2D eigenvalue weighted by atomic mass is 9.72. The van der Waals surface area contributed by atoms with E-state index in [1.54, 1.807) is 0 Å². The zero-order chi connectivity index (χ0) is 32.6. The maximum atomic E-state index is 14.1. The fraction of sp³-hybridized carbons (Fsp3) is 0.400. The second-order valence-corrected chi connectivity index (χ2v) is 14.0. The number of amides is 2. The van der Waals surface area contributed by atoms with Crippen molar-refractivity contribution < 1.29 is 23.2 Å². The first-order valence-electron chi connectivity index (χ1n) is 15.5. The van der Waals surface area contributed by atoms with Crippen molar-refractivity contribution in [1.82, 2.24) is 20.6 Å². The van der Waals surface area contributed by atoms with Crippen molar-refractivity contribution in [2.75, 3.05) is 5.32 Å². The maximum absolute atomic E-state index is 14.1. The molecule has 7 rings (SSSR count). The molecule has 11 heteroatoms. The minimum Gasteiger partial charge on any atom is -0.469 e. The Morgan fingerprint density at radius 3 is 2.61 bits per heavy atom. The van der Waals surface area contributed by atoms with Crippen LogP contribution in [0.5, 0.6) is 5.75 Å². The van der Waals surface area contributed by atoms with Gasteiger partial charge in [-0.25, -0.2) is 4.98 Å². The molecule has 3 aliphatic rings. The van der Waals surface area contributed by atoms with E-state index in [0.717, 1.165) is 22.4 Å². The van der Waals surface area contributed by atoms with Crippen LogP contribution in [0, 0.1) is 22.2 Å². The summed E-state index contributed by atoms with van der Waals surface area (Å²) in [4.78, 5) is 36.9. The number of hydrogen-bond donors (Lipinski definition) is 3. The smallest absolute Gasteiger partial charge is 0.250 e. The van der Waals surface area contributed by atoms with Gasteiger partial charge in [0.15, 0.2) is 23.4 Å². The molecule has 0 fully saturated rings. The van der Waals surface area contributed by atoms with Crippen LogP contribution in [0.1, 0.15) is 88.0 Å². The molecule has 4 aromatic rings. The predicted octanol–water partition coefficient (Wildman–Crippen LogP) is 5.36.